The Hall–Kier alpha value is -0.890. The molecule has 0 aliphatic carbocycles. The van der Waals surface area contributed by atoms with E-state index in [1.165, 1.54) is 5.56 Å². The van der Waals surface area contributed by atoms with E-state index in [0.29, 0.717) is 12.0 Å². The monoisotopic (exact) mass is 209 g/mol. The lowest BCUT2D eigenvalue weighted by Crippen LogP contribution is -2.32. The third-order valence-electron chi connectivity index (χ3n) is 2.85. The molecule has 84 valence electrons. The Morgan fingerprint density at radius 3 is 2.47 bits per heavy atom. The van der Waals surface area contributed by atoms with Crippen molar-refractivity contribution in [2.75, 3.05) is 7.05 Å². The van der Waals surface area contributed by atoms with Gasteiger partial charge in [0.05, 0.1) is 0 Å². The molecule has 1 nitrogen and oxygen atoms in total. The van der Waals surface area contributed by atoms with Crippen molar-refractivity contribution in [3.63, 3.8) is 0 Å². The van der Waals surface area contributed by atoms with Gasteiger partial charge in [0.15, 0.2) is 0 Å². The van der Waals surface area contributed by atoms with Crippen LogP contribution in [-0.4, -0.2) is 13.1 Å². The van der Waals surface area contributed by atoms with Crippen LogP contribution >= 0.6 is 0 Å². The van der Waals surface area contributed by atoms with Crippen molar-refractivity contribution < 1.29 is 4.39 Å². The molecule has 0 aromatic heterocycles. The molecule has 0 aliphatic rings. The highest BCUT2D eigenvalue weighted by atomic mass is 19.1. The molecule has 0 saturated carbocycles. The number of benzene rings is 1. The number of rotatable bonds is 4. The zero-order valence-corrected chi connectivity index (χ0v) is 9.97. The number of hydrogen-bond donors (Lipinski definition) is 1. The Morgan fingerprint density at radius 2 is 2.00 bits per heavy atom. The molecule has 15 heavy (non-hydrogen) atoms. The van der Waals surface area contributed by atoms with Crippen molar-refractivity contribution >= 4 is 0 Å². The number of hydrogen-bond acceptors (Lipinski definition) is 1. The summed E-state index contributed by atoms with van der Waals surface area (Å²) in [5.74, 6) is 0.463. The standard InChI is InChI=1S/C13H20FN/c1-9(2)13(15-4)8-11-5-6-12(14)10(3)7-11/h5-7,9,13,15H,8H2,1-4H3. The fourth-order valence-corrected chi connectivity index (χ4v) is 1.76. The molecule has 0 radical (unpaired) electrons. The van der Waals surface area contributed by atoms with Crippen LogP contribution in [0, 0.1) is 18.7 Å². The molecular formula is C13H20FN. The molecule has 0 amide bonds. The molecule has 0 heterocycles. The second-order valence-corrected chi connectivity index (χ2v) is 4.43. The highest BCUT2D eigenvalue weighted by Crippen LogP contribution is 2.13. The Labute approximate surface area is 91.7 Å². The van der Waals surface area contributed by atoms with E-state index in [1.807, 2.05) is 26.1 Å². The van der Waals surface area contributed by atoms with E-state index in [9.17, 15) is 4.39 Å². The average Bonchev–Trinajstić information content (AvgIpc) is 2.19. The van der Waals surface area contributed by atoms with Crippen molar-refractivity contribution in [2.24, 2.45) is 5.92 Å². The lowest BCUT2D eigenvalue weighted by molar-refractivity contribution is 0.424. The zero-order valence-electron chi connectivity index (χ0n) is 9.97. The number of nitrogens with one attached hydrogen (secondary N) is 1. The summed E-state index contributed by atoms with van der Waals surface area (Å²) >= 11 is 0. The van der Waals surface area contributed by atoms with Crippen LogP contribution in [0.25, 0.3) is 0 Å². The predicted molar refractivity (Wildman–Crippen MR) is 62.5 cm³/mol. The van der Waals surface area contributed by atoms with Crippen LogP contribution in [0.3, 0.4) is 0 Å². The summed E-state index contributed by atoms with van der Waals surface area (Å²) in [7, 11) is 1.97. The van der Waals surface area contributed by atoms with Crippen LogP contribution in [0.1, 0.15) is 25.0 Å². The van der Waals surface area contributed by atoms with Gasteiger partial charge in [-0.3, -0.25) is 0 Å². The fraction of sp³-hybridized carbons (Fsp3) is 0.538. The van der Waals surface area contributed by atoms with Crippen molar-refractivity contribution in [1.29, 1.82) is 0 Å². The molecule has 0 spiro atoms. The summed E-state index contributed by atoms with van der Waals surface area (Å²) in [6, 6.07) is 5.81. The summed E-state index contributed by atoms with van der Waals surface area (Å²) in [6.07, 6.45) is 0.954. The van der Waals surface area contributed by atoms with E-state index in [2.05, 4.69) is 19.2 Å². The van der Waals surface area contributed by atoms with Crippen LogP contribution in [0.2, 0.25) is 0 Å². The molecule has 0 aliphatic heterocycles. The van der Waals surface area contributed by atoms with E-state index in [4.69, 9.17) is 0 Å². The molecule has 1 atom stereocenters. The van der Waals surface area contributed by atoms with E-state index in [1.54, 1.807) is 6.07 Å². The van der Waals surface area contributed by atoms with Gasteiger partial charge in [-0.1, -0.05) is 26.0 Å². The summed E-state index contributed by atoms with van der Waals surface area (Å²) in [5.41, 5.74) is 1.92. The normalized spacial score (nSPS) is 13.2. The molecule has 1 aromatic rings. The van der Waals surface area contributed by atoms with Gasteiger partial charge < -0.3 is 5.32 Å². The second-order valence-electron chi connectivity index (χ2n) is 4.43. The van der Waals surface area contributed by atoms with Gasteiger partial charge in [-0.2, -0.15) is 0 Å². The van der Waals surface area contributed by atoms with Crippen molar-refractivity contribution in [3.05, 3.63) is 35.1 Å². The van der Waals surface area contributed by atoms with Crippen LogP contribution in [0.15, 0.2) is 18.2 Å². The maximum Gasteiger partial charge on any atom is 0.126 e. The minimum atomic E-state index is -0.121. The minimum absolute atomic E-state index is 0.121. The molecule has 1 N–H and O–H groups in total. The molecule has 1 unspecified atom stereocenters. The van der Waals surface area contributed by atoms with Crippen LogP contribution < -0.4 is 5.32 Å². The van der Waals surface area contributed by atoms with Gasteiger partial charge in [0.25, 0.3) is 0 Å². The highest BCUT2D eigenvalue weighted by Gasteiger charge is 2.11. The second kappa shape index (κ2) is 5.26. The van der Waals surface area contributed by atoms with E-state index in [0.717, 1.165) is 12.0 Å². The van der Waals surface area contributed by atoms with E-state index >= 15 is 0 Å². The lowest BCUT2D eigenvalue weighted by Gasteiger charge is -2.20. The largest absolute Gasteiger partial charge is 0.316 e. The quantitative estimate of drug-likeness (QED) is 0.804. The van der Waals surface area contributed by atoms with E-state index in [-0.39, 0.29) is 5.82 Å². The van der Waals surface area contributed by atoms with Gasteiger partial charge in [-0.25, -0.2) is 4.39 Å². The Kier molecular flexibility index (Phi) is 4.28. The average molecular weight is 209 g/mol. The first-order valence-corrected chi connectivity index (χ1v) is 5.47. The van der Waals surface area contributed by atoms with Gasteiger partial charge in [0.2, 0.25) is 0 Å². The molecule has 1 rings (SSSR count). The summed E-state index contributed by atoms with van der Waals surface area (Å²) in [5, 5.41) is 3.29. The first-order valence-electron chi connectivity index (χ1n) is 5.47. The van der Waals surface area contributed by atoms with Gasteiger partial charge in [-0.05, 0) is 43.5 Å². The van der Waals surface area contributed by atoms with Gasteiger partial charge >= 0.3 is 0 Å². The maximum atomic E-state index is 13.1. The van der Waals surface area contributed by atoms with Crippen LogP contribution in [0.5, 0.6) is 0 Å². The first kappa shape index (κ1) is 12.2. The summed E-state index contributed by atoms with van der Waals surface area (Å²) in [6.45, 7) is 6.19. The van der Waals surface area contributed by atoms with E-state index < -0.39 is 0 Å². The number of aryl methyl sites for hydroxylation is 1. The Balaban J connectivity index is 2.75. The zero-order chi connectivity index (χ0) is 11.4. The van der Waals surface area contributed by atoms with Crippen molar-refractivity contribution in [2.45, 2.75) is 33.2 Å². The third kappa shape index (κ3) is 3.31. The first-order chi connectivity index (χ1) is 7.04. The smallest absolute Gasteiger partial charge is 0.126 e. The molecule has 2 heteroatoms. The number of likely N-dealkylation sites (N-methyl/N-ethyl adjacent to an activating group) is 1. The third-order valence-corrected chi connectivity index (χ3v) is 2.85. The maximum absolute atomic E-state index is 13.1. The van der Waals surface area contributed by atoms with Crippen molar-refractivity contribution in [1.82, 2.24) is 5.32 Å². The van der Waals surface area contributed by atoms with Gasteiger partial charge in [0.1, 0.15) is 5.82 Å². The topological polar surface area (TPSA) is 12.0 Å². The molecule has 0 fully saturated rings. The number of halogens is 1. The van der Waals surface area contributed by atoms with Crippen LogP contribution in [-0.2, 0) is 6.42 Å². The van der Waals surface area contributed by atoms with Gasteiger partial charge in [0, 0.05) is 6.04 Å². The molecule has 0 bridgehead atoms. The Bertz CT molecular complexity index is 320. The molecule has 1 aromatic carbocycles. The lowest BCUT2D eigenvalue weighted by atomic mass is 9.96. The predicted octanol–water partition coefficient (Wildman–Crippen LogP) is 2.92. The van der Waals surface area contributed by atoms with Crippen LogP contribution in [0.4, 0.5) is 4.39 Å². The van der Waals surface area contributed by atoms with Gasteiger partial charge in [-0.15, -0.1) is 0 Å². The SMILES string of the molecule is CNC(Cc1ccc(F)c(C)c1)C(C)C. The summed E-state index contributed by atoms with van der Waals surface area (Å²) in [4.78, 5) is 0. The van der Waals surface area contributed by atoms with Crippen molar-refractivity contribution in [3.8, 4) is 0 Å². The minimum Gasteiger partial charge on any atom is -0.316 e. The summed E-state index contributed by atoms with van der Waals surface area (Å²) < 4.78 is 13.1. The highest BCUT2D eigenvalue weighted by molar-refractivity contribution is 5.24. The fourth-order valence-electron chi connectivity index (χ4n) is 1.76. The Morgan fingerprint density at radius 1 is 1.33 bits per heavy atom. The molecule has 0 saturated heterocycles. The molecular weight excluding hydrogens is 189 g/mol.